The molecule has 2 aromatic heterocycles. The number of nitrogens with zero attached hydrogens (tertiary/aromatic N) is 4. The number of hydrogen-bond donors (Lipinski definition) is 2. The lowest BCUT2D eigenvalue weighted by atomic mass is 9.85. The molecule has 1 aliphatic heterocycles. The van der Waals surface area contributed by atoms with Gasteiger partial charge in [0.25, 0.3) is 5.56 Å². The van der Waals surface area contributed by atoms with Crippen molar-refractivity contribution in [2.45, 2.75) is 43.2 Å². The minimum atomic E-state index is -3.43. The third-order valence-corrected chi connectivity index (χ3v) is 8.15. The first-order chi connectivity index (χ1) is 14.9. The van der Waals surface area contributed by atoms with Gasteiger partial charge >= 0.3 is 0 Å². The summed E-state index contributed by atoms with van der Waals surface area (Å²) in [5.41, 5.74) is 1.77. The molecule has 3 aromatic rings. The van der Waals surface area contributed by atoms with Crippen molar-refractivity contribution in [1.82, 2.24) is 19.1 Å². The molecule has 2 atom stereocenters. The Kier molecular flexibility index (Phi) is 4.60. The van der Waals surface area contributed by atoms with Crippen molar-refractivity contribution in [3.63, 3.8) is 0 Å². The fourth-order valence-electron chi connectivity index (χ4n) is 4.66. The lowest BCUT2D eigenvalue weighted by molar-refractivity contribution is 0.277. The van der Waals surface area contributed by atoms with E-state index in [4.69, 9.17) is 5.10 Å². The van der Waals surface area contributed by atoms with E-state index in [-0.39, 0.29) is 17.5 Å². The predicted molar refractivity (Wildman–Crippen MR) is 115 cm³/mol. The van der Waals surface area contributed by atoms with E-state index in [0.29, 0.717) is 39.4 Å². The highest BCUT2D eigenvalue weighted by atomic mass is 32.2. The molecule has 2 aliphatic rings. The summed E-state index contributed by atoms with van der Waals surface area (Å²) in [4.78, 5) is 15.7. The van der Waals surface area contributed by atoms with Gasteiger partial charge in [-0.2, -0.15) is 14.7 Å². The van der Waals surface area contributed by atoms with Crippen LogP contribution in [0.25, 0.3) is 10.9 Å². The molecule has 1 fully saturated rings. The first-order valence-electron chi connectivity index (χ1n) is 10.3. The second kappa shape index (κ2) is 7.21. The van der Waals surface area contributed by atoms with Gasteiger partial charge in [0.2, 0.25) is 10.0 Å². The van der Waals surface area contributed by atoms with E-state index in [1.54, 1.807) is 31.4 Å². The summed E-state index contributed by atoms with van der Waals surface area (Å²) in [6.07, 6.45) is 5.29. The number of aromatic nitrogens is 3. The van der Waals surface area contributed by atoms with E-state index in [0.717, 1.165) is 25.7 Å². The lowest BCUT2D eigenvalue weighted by Gasteiger charge is -2.27. The number of anilines is 2. The second-order valence-corrected chi connectivity index (χ2v) is 10.2. The molecule has 0 unspecified atom stereocenters. The summed E-state index contributed by atoms with van der Waals surface area (Å²) in [5.74, 6) is 0.248. The maximum Gasteiger partial charge on any atom is 0.261 e. The highest BCUT2D eigenvalue weighted by Gasteiger charge is 2.32. The van der Waals surface area contributed by atoms with Crippen molar-refractivity contribution >= 4 is 32.4 Å². The number of H-pyrrole nitrogens is 1. The molecule has 3 heterocycles. The van der Waals surface area contributed by atoms with Crippen molar-refractivity contribution in [2.24, 2.45) is 5.92 Å². The second-order valence-electron chi connectivity index (χ2n) is 8.16. The van der Waals surface area contributed by atoms with Crippen LogP contribution in [0, 0.1) is 17.2 Å². The van der Waals surface area contributed by atoms with Crippen LogP contribution in [0.2, 0.25) is 0 Å². The van der Waals surface area contributed by atoms with Crippen molar-refractivity contribution in [2.75, 3.05) is 12.4 Å². The van der Waals surface area contributed by atoms with Crippen LogP contribution in [-0.4, -0.2) is 34.5 Å². The van der Waals surface area contributed by atoms with Crippen LogP contribution in [-0.2, 0) is 16.6 Å². The highest BCUT2D eigenvalue weighted by molar-refractivity contribution is 7.89. The fourth-order valence-corrected chi connectivity index (χ4v) is 6.00. The van der Waals surface area contributed by atoms with Crippen LogP contribution in [0.4, 0.5) is 11.5 Å². The van der Waals surface area contributed by atoms with Crippen LogP contribution < -0.4 is 10.9 Å². The molecule has 0 radical (unpaired) electrons. The van der Waals surface area contributed by atoms with Crippen LogP contribution in [0.3, 0.4) is 0 Å². The fraction of sp³-hybridized carbons (Fsp3) is 0.381. The molecule has 9 nitrogen and oxygen atoms in total. The van der Waals surface area contributed by atoms with E-state index in [1.165, 1.54) is 4.31 Å². The predicted octanol–water partition coefficient (Wildman–Crippen LogP) is 2.86. The van der Waals surface area contributed by atoms with Crippen LogP contribution >= 0.6 is 0 Å². The molecule has 1 aliphatic carbocycles. The molecule has 5 rings (SSSR count). The monoisotopic (exact) mass is 438 g/mol. The van der Waals surface area contributed by atoms with Gasteiger partial charge in [0.15, 0.2) is 5.82 Å². The van der Waals surface area contributed by atoms with Gasteiger partial charge in [-0.15, -0.1) is 0 Å². The molecule has 160 valence electrons. The summed E-state index contributed by atoms with van der Waals surface area (Å²) in [6, 6.07) is 9.15. The van der Waals surface area contributed by atoms with E-state index >= 15 is 0 Å². The van der Waals surface area contributed by atoms with Crippen molar-refractivity contribution in [3.05, 3.63) is 46.4 Å². The van der Waals surface area contributed by atoms with Gasteiger partial charge in [0.05, 0.1) is 28.4 Å². The lowest BCUT2D eigenvalue weighted by Crippen LogP contribution is -2.23. The Bertz CT molecular complexity index is 1380. The van der Waals surface area contributed by atoms with E-state index in [2.05, 4.69) is 16.4 Å². The Hall–Kier alpha value is -3.16. The molecule has 0 spiro atoms. The third kappa shape index (κ3) is 3.12. The first-order valence-corrected chi connectivity index (χ1v) is 11.7. The average molecular weight is 439 g/mol. The number of fused-ring (bicyclic) bond motifs is 2. The zero-order chi connectivity index (χ0) is 21.8. The van der Waals surface area contributed by atoms with Crippen molar-refractivity contribution in [1.29, 1.82) is 5.26 Å². The molecular weight excluding hydrogens is 416 g/mol. The van der Waals surface area contributed by atoms with Gasteiger partial charge in [-0.3, -0.25) is 9.48 Å². The van der Waals surface area contributed by atoms with E-state index in [1.807, 2.05) is 10.7 Å². The molecule has 1 saturated carbocycles. The van der Waals surface area contributed by atoms with E-state index < -0.39 is 10.0 Å². The summed E-state index contributed by atoms with van der Waals surface area (Å²) in [5, 5.41) is 18.0. The van der Waals surface area contributed by atoms with Gasteiger partial charge in [0, 0.05) is 25.5 Å². The first kappa shape index (κ1) is 19.8. The Morgan fingerprint density at radius 1 is 1.26 bits per heavy atom. The Balaban J connectivity index is 1.58. The Labute approximate surface area is 179 Å². The quantitative estimate of drug-likeness (QED) is 0.648. The third-order valence-electron chi connectivity index (χ3n) is 6.24. The van der Waals surface area contributed by atoms with Crippen LogP contribution in [0.1, 0.15) is 37.3 Å². The Morgan fingerprint density at radius 2 is 2.06 bits per heavy atom. The number of nitriles is 1. The average Bonchev–Trinajstić information content (AvgIpc) is 3.23. The summed E-state index contributed by atoms with van der Waals surface area (Å²) < 4.78 is 27.8. The molecule has 1 aromatic carbocycles. The SMILES string of the molecule is CN1Cc2cc(Nc3nn([C@H]4CCCC[C@@H]4C#N)c4cc[nH]c(=O)c34)ccc2S1(=O)=O. The van der Waals surface area contributed by atoms with Crippen LogP contribution in [0.5, 0.6) is 0 Å². The van der Waals surface area contributed by atoms with Crippen LogP contribution in [0.15, 0.2) is 40.2 Å². The van der Waals surface area contributed by atoms with Crippen molar-refractivity contribution < 1.29 is 8.42 Å². The summed E-state index contributed by atoms with van der Waals surface area (Å²) >= 11 is 0. The van der Waals surface area contributed by atoms with Gasteiger partial charge < -0.3 is 10.3 Å². The topological polar surface area (TPSA) is 124 Å². The number of rotatable bonds is 3. The molecule has 10 heteroatoms. The maximum atomic E-state index is 12.7. The van der Waals surface area contributed by atoms with E-state index in [9.17, 15) is 18.5 Å². The molecule has 2 N–H and O–H groups in total. The van der Waals surface area contributed by atoms with Gasteiger partial charge in [-0.25, -0.2) is 8.42 Å². The highest BCUT2D eigenvalue weighted by Crippen LogP contribution is 2.37. The molecule has 0 saturated heterocycles. The molecule has 0 amide bonds. The molecule has 0 bridgehead atoms. The number of hydrogen-bond acceptors (Lipinski definition) is 6. The number of nitrogens with one attached hydrogen (secondary N) is 2. The Morgan fingerprint density at radius 3 is 2.87 bits per heavy atom. The smallest absolute Gasteiger partial charge is 0.261 e. The maximum absolute atomic E-state index is 12.7. The number of pyridine rings is 1. The largest absolute Gasteiger partial charge is 0.338 e. The number of benzene rings is 1. The van der Waals surface area contributed by atoms with Gasteiger partial charge in [0.1, 0.15) is 5.39 Å². The summed E-state index contributed by atoms with van der Waals surface area (Å²) in [6.45, 7) is 0.300. The minimum Gasteiger partial charge on any atom is -0.338 e. The molecule has 31 heavy (non-hydrogen) atoms. The zero-order valence-electron chi connectivity index (χ0n) is 17.0. The summed E-state index contributed by atoms with van der Waals surface area (Å²) in [7, 11) is -1.89. The minimum absolute atomic E-state index is 0.0857. The standard InChI is InChI=1S/C21H22N6O3S/c1-26-12-14-10-15(6-7-18(14)31(26,29)30)24-20-19-17(8-9-23-21(19)28)27(25-20)16-5-3-2-4-13(16)11-22/h6-10,13,16H,2-5,12H2,1H3,(H,23,28)(H,24,25)/t13-,16+/m1/s1. The number of aromatic amines is 1. The van der Waals surface area contributed by atoms with Gasteiger partial charge in [-0.1, -0.05) is 12.8 Å². The zero-order valence-corrected chi connectivity index (χ0v) is 17.8. The normalized spacial score (nSPS) is 22.8. The number of sulfonamides is 1. The molecular formula is C21H22N6O3S. The van der Waals surface area contributed by atoms with Crippen molar-refractivity contribution in [3.8, 4) is 6.07 Å². The van der Waals surface area contributed by atoms with Gasteiger partial charge in [-0.05, 0) is 42.7 Å².